The van der Waals surface area contributed by atoms with Crippen molar-refractivity contribution >= 4 is 5.91 Å². The van der Waals surface area contributed by atoms with Crippen LogP contribution in [0.2, 0.25) is 0 Å². The molecule has 19 heavy (non-hydrogen) atoms. The van der Waals surface area contributed by atoms with Gasteiger partial charge in [0.15, 0.2) is 0 Å². The summed E-state index contributed by atoms with van der Waals surface area (Å²) in [6.07, 6.45) is 2.21. The summed E-state index contributed by atoms with van der Waals surface area (Å²) in [4.78, 5) is 12.1. The van der Waals surface area contributed by atoms with E-state index in [4.69, 9.17) is 4.74 Å². The lowest BCUT2D eigenvalue weighted by Gasteiger charge is -2.35. The predicted molar refractivity (Wildman–Crippen MR) is 72.9 cm³/mol. The molecule has 0 aromatic heterocycles. The van der Waals surface area contributed by atoms with Gasteiger partial charge in [-0.2, -0.15) is 0 Å². The summed E-state index contributed by atoms with van der Waals surface area (Å²) in [6, 6.07) is 6.24. The molecule has 4 nitrogen and oxygen atoms in total. The van der Waals surface area contributed by atoms with E-state index in [2.05, 4.69) is 10.6 Å². The maximum absolute atomic E-state index is 12.1. The van der Waals surface area contributed by atoms with Crippen LogP contribution in [0.1, 0.15) is 41.3 Å². The van der Waals surface area contributed by atoms with Crippen LogP contribution in [-0.4, -0.2) is 24.7 Å². The SMILES string of the molecule is CCOC1CC(NC(=O)c2ccc3c(c2)CNC3)C1. The largest absolute Gasteiger partial charge is 0.378 e. The number of carbonyl (C=O) groups is 1. The van der Waals surface area contributed by atoms with Gasteiger partial charge in [0.1, 0.15) is 0 Å². The maximum atomic E-state index is 12.1. The molecule has 0 radical (unpaired) electrons. The molecule has 1 aromatic carbocycles. The van der Waals surface area contributed by atoms with E-state index in [1.165, 1.54) is 11.1 Å². The van der Waals surface area contributed by atoms with Gasteiger partial charge in [0, 0.05) is 31.3 Å². The van der Waals surface area contributed by atoms with Gasteiger partial charge < -0.3 is 15.4 Å². The minimum absolute atomic E-state index is 0.0367. The van der Waals surface area contributed by atoms with Gasteiger partial charge in [-0.1, -0.05) is 6.07 Å². The lowest BCUT2D eigenvalue weighted by atomic mass is 9.89. The summed E-state index contributed by atoms with van der Waals surface area (Å²) < 4.78 is 5.50. The van der Waals surface area contributed by atoms with Crippen LogP contribution in [0.5, 0.6) is 0 Å². The van der Waals surface area contributed by atoms with E-state index in [1.807, 2.05) is 25.1 Å². The lowest BCUT2D eigenvalue weighted by molar-refractivity contribution is -0.00862. The van der Waals surface area contributed by atoms with Crippen molar-refractivity contribution in [2.24, 2.45) is 0 Å². The summed E-state index contributed by atoms with van der Waals surface area (Å²) in [6.45, 7) is 4.54. The summed E-state index contributed by atoms with van der Waals surface area (Å²) in [5, 5.41) is 6.36. The number of nitrogens with one attached hydrogen (secondary N) is 2. The monoisotopic (exact) mass is 260 g/mol. The van der Waals surface area contributed by atoms with Crippen molar-refractivity contribution < 1.29 is 9.53 Å². The highest BCUT2D eigenvalue weighted by atomic mass is 16.5. The van der Waals surface area contributed by atoms with Crippen LogP contribution in [0.4, 0.5) is 0 Å². The quantitative estimate of drug-likeness (QED) is 0.864. The van der Waals surface area contributed by atoms with Gasteiger partial charge in [-0.05, 0) is 43.0 Å². The second-order valence-electron chi connectivity index (χ2n) is 5.31. The second kappa shape index (κ2) is 5.31. The first-order valence-corrected chi connectivity index (χ1v) is 7.01. The van der Waals surface area contributed by atoms with Crippen LogP contribution >= 0.6 is 0 Å². The van der Waals surface area contributed by atoms with E-state index >= 15 is 0 Å². The fraction of sp³-hybridized carbons (Fsp3) is 0.533. The molecule has 0 saturated heterocycles. The van der Waals surface area contributed by atoms with Crippen molar-refractivity contribution in [3.05, 3.63) is 34.9 Å². The minimum atomic E-state index is 0.0367. The summed E-state index contributed by atoms with van der Waals surface area (Å²) in [7, 11) is 0. The summed E-state index contributed by atoms with van der Waals surface area (Å²) in [5.74, 6) is 0.0367. The van der Waals surface area contributed by atoms with Crippen molar-refractivity contribution in [2.75, 3.05) is 6.61 Å². The van der Waals surface area contributed by atoms with Crippen molar-refractivity contribution in [1.82, 2.24) is 10.6 Å². The van der Waals surface area contributed by atoms with Crippen molar-refractivity contribution in [2.45, 2.75) is 45.0 Å². The Balaban J connectivity index is 1.56. The average Bonchev–Trinajstić information content (AvgIpc) is 2.83. The van der Waals surface area contributed by atoms with Gasteiger partial charge in [0.25, 0.3) is 5.91 Å². The number of hydrogen-bond acceptors (Lipinski definition) is 3. The van der Waals surface area contributed by atoms with E-state index in [0.29, 0.717) is 6.10 Å². The third-order valence-corrected chi connectivity index (χ3v) is 3.93. The van der Waals surface area contributed by atoms with Gasteiger partial charge in [-0.3, -0.25) is 4.79 Å². The normalized spacial score (nSPS) is 24.7. The topological polar surface area (TPSA) is 50.4 Å². The first-order chi connectivity index (χ1) is 9.26. The van der Waals surface area contributed by atoms with Gasteiger partial charge in [0.2, 0.25) is 0 Å². The van der Waals surface area contributed by atoms with Crippen LogP contribution in [0.3, 0.4) is 0 Å². The van der Waals surface area contributed by atoms with Gasteiger partial charge in [-0.25, -0.2) is 0 Å². The molecule has 1 aliphatic carbocycles. The summed E-state index contributed by atoms with van der Waals surface area (Å²) >= 11 is 0. The van der Waals surface area contributed by atoms with Crippen LogP contribution in [0.15, 0.2) is 18.2 Å². The molecular formula is C15H20N2O2. The lowest BCUT2D eigenvalue weighted by Crippen LogP contribution is -2.47. The Morgan fingerprint density at radius 1 is 1.37 bits per heavy atom. The zero-order chi connectivity index (χ0) is 13.2. The second-order valence-corrected chi connectivity index (χ2v) is 5.31. The van der Waals surface area contributed by atoms with Gasteiger partial charge >= 0.3 is 0 Å². The van der Waals surface area contributed by atoms with Crippen LogP contribution in [0.25, 0.3) is 0 Å². The van der Waals surface area contributed by atoms with Gasteiger partial charge in [-0.15, -0.1) is 0 Å². The Morgan fingerprint density at radius 2 is 2.16 bits per heavy atom. The molecule has 102 valence electrons. The number of ether oxygens (including phenoxy) is 1. The number of benzene rings is 1. The first-order valence-electron chi connectivity index (χ1n) is 7.01. The molecule has 1 saturated carbocycles. The van der Waals surface area contributed by atoms with E-state index in [9.17, 15) is 4.79 Å². The minimum Gasteiger partial charge on any atom is -0.378 e. The highest BCUT2D eigenvalue weighted by Crippen LogP contribution is 2.24. The third kappa shape index (κ3) is 2.65. The molecule has 0 unspecified atom stereocenters. The predicted octanol–water partition coefficient (Wildman–Crippen LogP) is 1.59. The Hall–Kier alpha value is -1.39. The molecule has 3 rings (SSSR count). The fourth-order valence-corrected chi connectivity index (χ4v) is 2.76. The molecular weight excluding hydrogens is 240 g/mol. The molecule has 0 spiro atoms. The zero-order valence-corrected chi connectivity index (χ0v) is 11.2. The molecule has 1 aromatic rings. The molecule has 0 atom stereocenters. The Kier molecular flexibility index (Phi) is 3.53. The van der Waals surface area contributed by atoms with Gasteiger partial charge in [0.05, 0.1) is 6.10 Å². The first kappa shape index (κ1) is 12.6. The molecule has 1 heterocycles. The number of amides is 1. The highest BCUT2D eigenvalue weighted by molar-refractivity contribution is 5.94. The number of rotatable bonds is 4. The van der Waals surface area contributed by atoms with E-state index in [0.717, 1.165) is 38.1 Å². The van der Waals surface area contributed by atoms with E-state index < -0.39 is 0 Å². The van der Waals surface area contributed by atoms with Crippen molar-refractivity contribution in [3.63, 3.8) is 0 Å². The molecule has 1 fully saturated rings. The maximum Gasteiger partial charge on any atom is 0.251 e. The summed E-state index contributed by atoms with van der Waals surface area (Å²) in [5.41, 5.74) is 3.31. The zero-order valence-electron chi connectivity index (χ0n) is 11.2. The fourth-order valence-electron chi connectivity index (χ4n) is 2.76. The molecule has 1 aliphatic heterocycles. The van der Waals surface area contributed by atoms with Crippen molar-refractivity contribution in [1.29, 1.82) is 0 Å². The third-order valence-electron chi connectivity index (χ3n) is 3.93. The standard InChI is InChI=1S/C15H20N2O2/c1-2-19-14-6-13(7-14)17-15(18)10-3-4-11-8-16-9-12(11)5-10/h3-5,13-14,16H,2,6-9H2,1H3,(H,17,18). The number of hydrogen-bond donors (Lipinski definition) is 2. The molecule has 1 amide bonds. The number of fused-ring (bicyclic) bond motifs is 1. The smallest absolute Gasteiger partial charge is 0.251 e. The number of carbonyl (C=O) groups excluding carboxylic acids is 1. The van der Waals surface area contributed by atoms with Crippen molar-refractivity contribution in [3.8, 4) is 0 Å². The molecule has 4 heteroatoms. The Morgan fingerprint density at radius 3 is 2.95 bits per heavy atom. The highest BCUT2D eigenvalue weighted by Gasteiger charge is 2.30. The van der Waals surface area contributed by atoms with Crippen LogP contribution < -0.4 is 10.6 Å². The Labute approximate surface area is 113 Å². The van der Waals surface area contributed by atoms with E-state index in [1.54, 1.807) is 0 Å². The molecule has 0 bridgehead atoms. The Bertz CT molecular complexity index is 481. The van der Waals surface area contributed by atoms with Crippen LogP contribution in [-0.2, 0) is 17.8 Å². The average molecular weight is 260 g/mol. The van der Waals surface area contributed by atoms with E-state index in [-0.39, 0.29) is 11.9 Å². The molecule has 2 aliphatic rings. The molecule has 2 N–H and O–H groups in total. The van der Waals surface area contributed by atoms with Crippen LogP contribution in [0, 0.1) is 0 Å².